The monoisotopic (exact) mass is 484 g/mol. The number of hydrogen-bond acceptors (Lipinski definition) is 7. The first-order valence-corrected chi connectivity index (χ1v) is 12.1. The first-order chi connectivity index (χ1) is 16.0. The fraction of sp³-hybridized carbons (Fsp3) is 0.227. The molecule has 0 radical (unpaired) electrons. The molecule has 170 valence electrons. The van der Waals surface area contributed by atoms with Crippen molar-refractivity contribution < 1.29 is 13.2 Å². The van der Waals surface area contributed by atoms with E-state index in [0.29, 0.717) is 32.0 Å². The summed E-state index contributed by atoms with van der Waals surface area (Å²) in [5.41, 5.74) is 1.82. The Morgan fingerprint density at radius 1 is 0.970 bits per heavy atom. The smallest absolute Gasteiger partial charge is 0.254 e. The van der Waals surface area contributed by atoms with Crippen molar-refractivity contribution in [3.8, 4) is 16.9 Å². The van der Waals surface area contributed by atoms with Crippen LogP contribution in [0.5, 0.6) is 5.75 Å². The summed E-state index contributed by atoms with van der Waals surface area (Å²) >= 11 is 6.16. The van der Waals surface area contributed by atoms with Crippen molar-refractivity contribution >= 4 is 33.2 Å². The first kappa shape index (κ1) is 21.6. The van der Waals surface area contributed by atoms with E-state index in [-0.39, 0.29) is 9.92 Å². The van der Waals surface area contributed by atoms with E-state index in [1.807, 2.05) is 24.3 Å². The second kappa shape index (κ2) is 8.62. The highest BCUT2D eigenvalue weighted by Gasteiger charge is 2.31. The molecule has 3 heterocycles. The number of benzene rings is 2. The zero-order valence-corrected chi connectivity index (χ0v) is 19.4. The fourth-order valence-corrected chi connectivity index (χ4v) is 5.89. The van der Waals surface area contributed by atoms with Gasteiger partial charge in [-0.1, -0.05) is 35.9 Å². The van der Waals surface area contributed by atoms with Crippen LogP contribution in [0.3, 0.4) is 0 Å². The van der Waals surface area contributed by atoms with Crippen molar-refractivity contribution in [1.82, 2.24) is 23.9 Å². The van der Waals surface area contributed by atoms with Gasteiger partial charge in [-0.15, -0.1) is 0 Å². The lowest BCUT2D eigenvalue weighted by Crippen LogP contribution is -2.49. The van der Waals surface area contributed by atoms with Gasteiger partial charge in [0.05, 0.1) is 12.1 Å². The van der Waals surface area contributed by atoms with Crippen molar-refractivity contribution in [2.75, 3.05) is 38.2 Å². The Kier molecular flexibility index (Phi) is 5.65. The minimum absolute atomic E-state index is 0.126. The highest BCUT2D eigenvalue weighted by Crippen LogP contribution is 2.33. The molecule has 11 heteroatoms. The van der Waals surface area contributed by atoms with Crippen molar-refractivity contribution in [2.24, 2.45) is 0 Å². The number of methoxy groups -OCH3 is 1. The van der Waals surface area contributed by atoms with Crippen LogP contribution in [0.15, 0.2) is 66.0 Å². The molecule has 0 saturated carbocycles. The zero-order chi connectivity index (χ0) is 23.0. The lowest BCUT2D eigenvalue weighted by Gasteiger charge is -2.36. The predicted octanol–water partition coefficient (Wildman–Crippen LogP) is 2.96. The molecule has 1 fully saturated rings. The van der Waals surface area contributed by atoms with E-state index in [9.17, 15) is 8.42 Å². The molecule has 33 heavy (non-hydrogen) atoms. The molecule has 0 spiro atoms. The lowest BCUT2D eigenvalue weighted by molar-refractivity contribution is 0.383. The molecule has 4 aromatic rings. The Hall–Kier alpha value is -3.21. The number of hydrogen-bond donors (Lipinski definition) is 0. The summed E-state index contributed by atoms with van der Waals surface area (Å²) in [5.74, 6) is 2.05. The van der Waals surface area contributed by atoms with Gasteiger partial charge in [0.15, 0.2) is 0 Å². The molecule has 0 atom stereocenters. The number of rotatable bonds is 5. The Balaban J connectivity index is 1.47. The minimum atomic E-state index is -3.69. The fourth-order valence-electron chi connectivity index (χ4n) is 3.98. The normalized spacial score (nSPS) is 15.2. The van der Waals surface area contributed by atoms with Crippen LogP contribution >= 0.6 is 11.6 Å². The molecule has 0 aliphatic carbocycles. The van der Waals surface area contributed by atoms with Gasteiger partial charge in [0, 0.05) is 37.9 Å². The molecule has 1 aliphatic heterocycles. The third-order valence-corrected chi connectivity index (χ3v) is 8.07. The Labute approximate surface area is 196 Å². The molecule has 9 nitrogen and oxygen atoms in total. The Morgan fingerprint density at radius 3 is 2.39 bits per heavy atom. The van der Waals surface area contributed by atoms with E-state index in [0.717, 1.165) is 22.7 Å². The van der Waals surface area contributed by atoms with Gasteiger partial charge in [-0.3, -0.25) is 0 Å². The SMILES string of the molecule is COc1ccc(-c2cnc3ncnn3c2N2CCN(S(=O)(=O)c3ccccc3Cl)CC2)cc1. The molecule has 0 unspecified atom stereocenters. The summed E-state index contributed by atoms with van der Waals surface area (Å²) < 4.78 is 34.7. The highest BCUT2D eigenvalue weighted by molar-refractivity contribution is 7.89. The van der Waals surface area contributed by atoms with Crippen LogP contribution in [0.2, 0.25) is 5.02 Å². The second-order valence-corrected chi connectivity index (χ2v) is 9.83. The number of halogens is 1. The predicted molar refractivity (Wildman–Crippen MR) is 125 cm³/mol. The Morgan fingerprint density at radius 2 is 1.70 bits per heavy atom. The molecule has 0 bridgehead atoms. The summed E-state index contributed by atoms with van der Waals surface area (Å²) in [6.07, 6.45) is 3.23. The van der Waals surface area contributed by atoms with E-state index >= 15 is 0 Å². The molecular formula is C22H21ClN6O3S. The van der Waals surface area contributed by atoms with E-state index in [1.165, 1.54) is 16.7 Å². The summed E-state index contributed by atoms with van der Waals surface area (Å²) in [6, 6.07) is 14.2. The number of sulfonamides is 1. The van der Waals surface area contributed by atoms with Crippen molar-refractivity contribution in [1.29, 1.82) is 0 Å². The minimum Gasteiger partial charge on any atom is -0.497 e. The maximum Gasteiger partial charge on any atom is 0.254 e. The van der Waals surface area contributed by atoms with Crippen molar-refractivity contribution in [2.45, 2.75) is 4.90 Å². The number of nitrogens with zero attached hydrogens (tertiary/aromatic N) is 6. The largest absolute Gasteiger partial charge is 0.497 e. The summed E-state index contributed by atoms with van der Waals surface area (Å²) in [4.78, 5) is 10.9. The van der Waals surface area contributed by atoms with Crippen LogP contribution in [0.25, 0.3) is 16.9 Å². The van der Waals surface area contributed by atoms with Crippen LogP contribution in [-0.4, -0.2) is 65.6 Å². The molecule has 2 aromatic heterocycles. The van der Waals surface area contributed by atoms with Crippen LogP contribution in [0.1, 0.15) is 0 Å². The molecule has 0 N–H and O–H groups in total. The highest BCUT2D eigenvalue weighted by atomic mass is 35.5. The molecular weight excluding hydrogens is 464 g/mol. The average Bonchev–Trinajstić information content (AvgIpc) is 3.33. The van der Waals surface area contributed by atoms with Gasteiger partial charge in [-0.2, -0.15) is 18.9 Å². The van der Waals surface area contributed by atoms with Crippen LogP contribution in [-0.2, 0) is 10.0 Å². The van der Waals surface area contributed by atoms with Gasteiger partial charge >= 0.3 is 0 Å². The molecule has 5 rings (SSSR count). The number of fused-ring (bicyclic) bond motifs is 1. The quantitative estimate of drug-likeness (QED) is 0.430. The van der Waals surface area contributed by atoms with E-state index in [1.54, 1.807) is 36.0 Å². The molecule has 2 aromatic carbocycles. The van der Waals surface area contributed by atoms with Crippen LogP contribution < -0.4 is 9.64 Å². The van der Waals surface area contributed by atoms with Gasteiger partial charge < -0.3 is 9.64 Å². The Bertz CT molecular complexity index is 1400. The maximum absolute atomic E-state index is 13.1. The first-order valence-electron chi connectivity index (χ1n) is 10.3. The van der Waals surface area contributed by atoms with E-state index < -0.39 is 10.0 Å². The van der Waals surface area contributed by atoms with Gasteiger partial charge in [0.25, 0.3) is 5.78 Å². The maximum atomic E-state index is 13.1. The lowest BCUT2D eigenvalue weighted by atomic mass is 10.1. The standard InChI is InChI=1S/C22H21ClN6O3S/c1-32-17-8-6-16(7-9-17)18-14-24-22-25-15-26-29(22)21(18)27-10-12-28(13-11-27)33(30,31)20-5-3-2-4-19(20)23/h2-9,14-15H,10-13H2,1H3. The third-order valence-electron chi connectivity index (χ3n) is 5.67. The number of piperazine rings is 1. The second-order valence-electron chi connectivity index (χ2n) is 7.52. The van der Waals surface area contributed by atoms with Crippen molar-refractivity contribution in [3.05, 3.63) is 66.1 Å². The third kappa shape index (κ3) is 3.90. The topological polar surface area (TPSA) is 92.9 Å². The van der Waals surface area contributed by atoms with Gasteiger partial charge in [-0.05, 0) is 29.8 Å². The summed E-state index contributed by atoms with van der Waals surface area (Å²) in [6.45, 7) is 1.58. The van der Waals surface area contributed by atoms with Gasteiger partial charge in [0.1, 0.15) is 22.8 Å². The van der Waals surface area contributed by atoms with Crippen LogP contribution in [0, 0.1) is 0 Å². The van der Waals surface area contributed by atoms with E-state index in [4.69, 9.17) is 16.3 Å². The number of anilines is 1. The molecule has 1 aliphatic rings. The van der Waals surface area contributed by atoms with Gasteiger partial charge in [-0.25, -0.2) is 13.4 Å². The van der Waals surface area contributed by atoms with Gasteiger partial charge in [0.2, 0.25) is 10.0 Å². The summed E-state index contributed by atoms with van der Waals surface area (Å²) in [7, 11) is -2.06. The molecule has 0 amide bonds. The van der Waals surface area contributed by atoms with Crippen molar-refractivity contribution in [3.63, 3.8) is 0 Å². The van der Waals surface area contributed by atoms with E-state index in [2.05, 4.69) is 20.0 Å². The van der Waals surface area contributed by atoms with Crippen LogP contribution in [0.4, 0.5) is 5.82 Å². The average molecular weight is 485 g/mol. The summed E-state index contributed by atoms with van der Waals surface area (Å²) in [5, 5.41) is 4.59. The number of aromatic nitrogens is 4. The molecule has 1 saturated heterocycles. The zero-order valence-electron chi connectivity index (χ0n) is 17.8. The number of ether oxygens (including phenoxy) is 1.